The highest BCUT2D eigenvalue weighted by atomic mass is 32.2. The second-order valence-corrected chi connectivity index (χ2v) is 7.03. The number of carbonyl (C=O) groups excluding carboxylic acids is 1. The summed E-state index contributed by atoms with van der Waals surface area (Å²) in [6.45, 7) is -1.28. The Balaban J connectivity index is 1.70. The summed E-state index contributed by atoms with van der Waals surface area (Å²) >= 11 is 1.21. The third-order valence-corrected chi connectivity index (χ3v) is 4.92. The monoisotopic (exact) mass is 405 g/mol. The van der Waals surface area contributed by atoms with E-state index in [1.165, 1.54) is 23.9 Å². The molecule has 0 fully saturated rings. The summed E-state index contributed by atoms with van der Waals surface area (Å²) in [5.74, 6) is 0.179. The van der Waals surface area contributed by atoms with Gasteiger partial charge in [-0.2, -0.15) is 8.78 Å². The molecule has 3 aromatic rings. The number of ether oxygens (including phenoxy) is 1. The third kappa shape index (κ3) is 4.63. The van der Waals surface area contributed by atoms with E-state index in [4.69, 9.17) is 0 Å². The van der Waals surface area contributed by atoms with Gasteiger partial charge in [0, 0.05) is 25.0 Å². The van der Waals surface area contributed by atoms with Gasteiger partial charge in [0.25, 0.3) is 0 Å². The van der Waals surface area contributed by atoms with Crippen LogP contribution in [-0.4, -0.2) is 37.5 Å². The molecule has 1 atom stereocenters. The Morgan fingerprint density at radius 1 is 1.18 bits per heavy atom. The molecule has 10 heteroatoms. The molecule has 0 aliphatic carbocycles. The molecule has 0 saturated carbocycles. The van der Waals surface area contributed by atoms with Crippen LogP contribution in [0.3, 0.4) is 0 Å². The average Bonchev–Trinajstić information content (AvgIpc) is 3.04. The van der Waals surface area contributed by atoms with Crippen molar-refractivity contribution in [3.63, 3.8) is 0 Å². The first-order chi connectivity index (χ1) is 13.5. The number of thioether (sulfide) groups is 1. The highest BCUT2D eigenvalue weighted by Gasteiger charge is 2.21. The Morgan fingerprint density at radius 3 is 2.61 bits per heavy atom. The Bertz CT molecular complexity index is 952. The first kappa shape index (κ1) is 19.7. The van der Waals surface area contributed by atoms with Crippen molar-refractivity contribution in [3.05, 3.63) is 48.8 Å². The van der Waals surface area contributed by atoms with E-state index in [0.717, 1.165) is 5.56 Å². The van der Waals surface area contributed by atoms with Gasteiger partial charge in [-0.05, 0) is 31.2 Å². The number of alkyl halides is 2. The van der Waals surface area contributed by atoms with Crippen molar-refractivity contribution >= 4 is 23.4 Å². The van der Waals surface area contributed by atoms with Crippen LogP contribution in [0.4, 0.5) is 14.5 Å². The van der Waals surface area contributed by atoms with Crippen LogP contribution in [-0.2, 0) is 11.8 Å². The smallest absolute Gasteiger partial charge is 0.387 e. The quantitative estimate of drug-likeness (QED) is 0.605. The van der Waals surface area contributed by atoms with Gasteiger partial charge < -0.3 is 14.6 Å². The molecule has 7 nitrogen and oxygen atoms in total. The summed E-state index contributed by atoms with van der Waals surface area (Å²) in [7, 11) is 1.80. The molecule has 0 unspecified atom stereocenters. The van der Waals surface area contributed by atoms with Crippen LogP contribution < -0.4 is 10.1 Å². The number of rotatable bonds is 7. The van der Waals surface area contributed by atoms with Crippen LogP contribution >= 0.6 is 11.8 Å². The Labute approximate surface area is 164 Å². The Hall–Kier alpha value is -3.01. The zero-order valence-electron chi connectivity index (χ0n) is 15.0. The van der Waals surface area contributed by atoms with Crippen LogP contribution in [0.2, 0.25) is 0 Å². The molecule has 0 spiro atoms. The van der Waals surface area contributed by atoms with Crippen LogP contribution in [0.5, 0.6) is 5.75 Å². The number of nitrogens with zero attached hydrogens (tertiary/aromatic N) is 4. The molecule has 0 aliphatic heterocycles. The van der Waals surface area contributed by atoms with Crippen molar-refractivity contribution in [2.24, 2.45) is 7.05 Å². The van der Waals surface area contributed by atoms with Gasteiger partial charge >= 0.3 is 6.61 Å². The summed E-state index contributed by atoms with van der Waals surface area (Å²) in [5.41, 5.74) is 1.03. The molecule has 0 radical (unpaired) electrons. The molecule has 0 saturated heterocycles. The maximum Gasteiger partial charge on any atom is 0.387 e. The minimum atomic E-state index is -2.98. The van der Waals surface area contributed by atoms with E-state index in [2.05, 4.69) is 25.2 Å². The zero-order chi connectivity index (χ0) is 20.1. The second kappa shape index (κ2) is 8.79. The molecule has 0 aliphatic rings. The number of hydrogen-bond acceptors (Lipinski definition) is 6. The van der Waals surface area contributed by atoms with Crippen molar-refractivity contribution in [1.82, 2.24) is 19.7 Å². The molecule has 1 aromatic carbocycles. The van der Waals surface area contributed by atoms with Gasteiger partial charge in [0.15, 0.2) is 11.0 Å². The summed E-state index contributed by atoms with van der Waals surface area (Å²) in [4.78, 5) is 16.5. The number of hydrogen-bond donors (Lipinski definition) is 1. The fourth-order valence-corrected chi connectivity index (χ4v) is 3.20. The molecule has 1 amide bonds. The average molecular weight is 405 g/mol. The topological polar surface area (TPSA) is 81.9 Å². The SMILES string of the molecule is C[C@H](Sc1nnc(-c2ccncc2)n1C)C(=O)Nc1ccccc1OC(F)F. The first-order valence-electron chi connectivity index (χ1n) is 8.27. The summed E-state index contributed by atoms with van der Waals surface area (Å²) < 4.78 is 31.2. The van der Waals surface area contributed by atoms with E-state index in [-0.39, 0.29) is 17.3 Å². The number of amides is 1. The van der Waals surface area contributed by atoms with Crippen LogP contribution in [0.15, 0.2) is 53.9 Å². The highest BCUT2D eigenvalue weighted by Crippen LogP contribution is 2.29. The van der Waals surface area contributed by atoms with Crippen molar-refractivity contribution in [1.29, 1.82) is 0 Å². The minimum absolute atomic E-state index is 0.0957. The maximum absolute atomic E-state index is 12.5. The molecular weight excluding hydrogens is 388 g/mol. The normalized spacial score (nSPS) is 12.0. The number of nitrogens with one attached hydrogen (secondary N) is 1. The van der Waals surface area contributed by atoms with Crippen molar-refractivity contribution in [2.45, 2.75) is 23.9 Å². The van der Waals surface area contributed by atoms with Crippen LogP contribution in [0.25, 0.3) is 11.4 Å². The summed E-state index contributed by atoms with van der Waals surface area (Å²) in [6.07, 6.45) is 3.32. The predicted octanol–water partition coefficient (Wildman–Crippen LogP) is 3.60. The van der Waals surface area contributed by atoms with E-state index in [1.807, 2.05) is 12.1 Å². The van der Waals surface area contributed by atoms with E-state index >= 15 is 0 Å². The standard InChI is InChI=1S/C18H17F2N5O2S/c1-11(16(26)22-13-5-3-4-6-14(13)27-17(19)20)28-18-24-23-15(25(18)2)12-7-9-21-10-8-12/h3-11,17H,1-2H3,(H,22,26)/t11-/m0/s1. The molecule has 1 N–H and O–H groups in total. The lowest BCUT2D eigenvalue weighted by molar-refractivity contribution is -0.115. The number of halogens is 2. The van der Waals surface area contributed by atoms with Gasteiger partial charge in [-0.25, -0.2) is 0 Å². The van der Waals surface area contributed by atoms with Crippen molar-refractivity contribution < 1.29 is 18.3 Å². The van der Waals surface area contributed by atoms with Crippen molar-refractivity contribution in [3.8, 4) is 17.1 Å². The third-order valence-electron chi connectivity index (χ3n) is 3.79. The molecule has 2 heterocycles. The number of para-hydroxylation sites is 2. The molecular formula is C18H17F2N5O2S. The van der Waals surface area contributed by atoms with Gasteiger partial charge in [0.05, 0.1) is 10.9 Å². The minimum Gasteiger partial charge on any atom is -0.433 e. The van der Waals surface area contributed by atoms with Gasteiger partial charge in [-0.15, -0.1) is 10.2 Å². The van der Waals surface area contributed by atoms with Crippen LogP contribution in [0.1, 0.15) is 6.92 Å². The van der Waals surface area contributed by atoms with Gasteiger partial charge in [0.2, 0.25) is 5.91 Å². The van der Waals surface area contributed by atoms with E-state index in [9.17, 15) is 13.6 Å². The lowest BCUT2D eigenvalue weighted by Gasteiger charge is -2.14. The fraction of sp³-hybridized carbons (Fsp3) is 0.222. The van der Waals surface area contributed by atoms with Gasteiger partial charge in [-0.1, -0.05) is 23.9 Å². The van der Waals surface area contributed by atoms with Gasteiger partial charge in [-0.3, -0.25) is 9.78 Å². The molecule has 2 aromatic heterocycles. The fourth-order valence-electron chi connectivity index (χ4n) is 2.38. The lowest BCUT2D eigenvalue weighted by atomic mass is 10.2. The maximum atomic E-state index is 12.5. The summed E-state index contributed by atoms with van der Waals surface area (Å²) in [5, 5.41) is 10.9. The molecule has 146 valence electrons. The second-order valence-electron chi connectivity index (χ2n) is 5.73. The predicted molar refractivity (Wildman–Crippen MR) is 101 cm³/mol. The number of pyridine rings is 1. The Morgan fingerprint density at radius 2 is 1.89 bits per heavy atom. The molecule has 28 heavy (non-hydrogen) atoms. The molecule has 3 rings (SSSR count). The lowest BCUT2D eigenvalue weighted by Crippen LogP contribution is -2.23. The van der Waals surface area contributed by atoms with Crippen LogP contribution in [0, 0.1) is 0 Å². The van der Waals surface area contributed by atoms with Gasteiger partial charge in [0.1, 0.15) is 5.75 Å². The number of aromatic nitrogens is 4. The zero-order valence-corrected chi connectivity index (χ0v) is 15.9. The van der Waals surface area contributed by atoms with E-state index < -0.39 is 11.9 Å². The van der Waals surface area contributed by atoms with E-state index in [0.29, 0.717) is 11.0 Å². The Kier molecular flexibility index (Phi) is 6.19. The van der Waals surface area contributed by atoms with Crippen molar-refractivity contribution in [2.75, 3.05) is 5.32 Å². The number of benzene rings is 1. The first-order valence-corrected chi connectivity index (χ1v) is 9.15. The largest absolute Gasteiger partial charge is 0.433 e. The summed E-state index contributed by atoms with van der Waals surface area (Å²) in [6, 6.07) is 9.66. The highest BCUT2D eigenvalue weighted by molar-refractivity contribution is 8.00. The number of anilines is 1. The number of carbonyl (C=O) groups is 1. The van der Waals surface area contributed by atoms with E-state index in [1.54, 1.807) is 43.1 Å². The molecule has 0 bridgehead atoms.